The van der Waals surface area contributed by atoms with E-state index in [1.165, 1.54) is 6.07 Å². The molecule has 0 radical (unpaired) electrons. The number of aromatic nitrogens is 2. The van der Waals surface area contributed by atoms with Crippen LogP contribution in [0.4, 0.5) is 10.2 Å². The van der Waals surface area contributed by atoms with Crippen LogP contribution in [0.3, 0.4) is 0 Å². The van der Waals surface area contributed by atoms with E-state index in [1.807, 2.05) is 30.3 Å². The molecule has 1 aromatic heterocycles. The maximum absolute atomic E-state index is 13.6. The largest absolute Gasteiger partial charge is 0.368 e. The molecule has 0 aliphatic heterocycles. The summed E-state index contributed by atoms with van der Waals surface area (Å²) in [5.74, 6) is 0.0472. The van der Waals surface area contributed by atoms with Crippen LogP contribution in [0.25, 0.3) is 0 Å². The van der Waals surface area contributed by atoms with Gasteiger partial charge >= 0.3 is 0 Å². The van der Waals surface area contributed by atoms with Crippen molar-refractivity contribution in [2.75, 3.05) is 11.9 Å². The normalized spacial score (nSPS) is 10.3. The van der Waals surface area contributed by atoms with Gasteiger partial charge in [0.15, 0.2) is 5.69 Å². The first-order valence-corrected chi connectivity index (χ1v) is 8.35. The van der Waals surface area contributed by atoms with Crippen LogP contribution in [0.15, 0.2) is 66.7 Å². The van der Waals surface area contributed by atoms with E-state index < -0.39 is 0 Å². The Hall–Kier alpha value is -3.28. The molecule has 132 valence electrons. The third-order valence-electron chi connectivity index (χ3n) is 3.85. The Balaban J connectivity index is 1.48. The summed E-state index contributed by atoms with van der Waals surface area (Å²) in [6.45, 7) is 0.957. The maximum atomic E-state index is 13.6. The minimum absolute atomic E-state index is 0.217. The van der Waals surface area contributed by atoms with E-state index in [0.29, 0.717) is 30.9 Å². The van der Waals surface area contributed by atoms with Gasteiger partial charge in [-0.1, -0.05) is 48.5 Å². The van der Waals surface area contributed by atoms with Gasteiger partial charge in [-0.05, 0) is 35.7 Å². The van der Waals surface area contributed by atoms with E-state index >= 15 is 0 Å². The van der Waals surface area contributed by atoms with E-state index in [-0.39, 0.29) is 17.4 Å². The quantitative estimate of drug-likeness (QED) is 0.687. The zero-order chi connectivity index (χ0) is 18.2. The monoisotopic (exact) mass is 350 g/mol. The molecule has 26 heavy (non-hydrogen) atoms. The number of carbonyl (C=O) groups is 1. The molecule has 3 rings (SSSR count). The highest BCUT2D eigenvalue weighted by molar-refractivity contribution is 5.92. The van der Waals surface area contributed by atoms with Crippen molar-refractivity contribution in [2.24, 2.45) is 0 Å². The molecule has 3 aromatic rings. The Kier molecular flexibility index (Phi) is 5.88. The smallest absolute Gasteiger partial charge is 0.272 e. The molecule has 6 heteroatoms. The van der Waals surface area contributed by atoms with Crippen molar-refractivity contribution >= 4 is 11.7 Å². The predicted molar refractivity (Wildman–Crippen MR) is 98.2 cm³/mol. The Morgan fingerprint density at radius 3 is 2.42 bits per heavy atom. The molecule has 1 amide bonds. The lowest BCUT2D eigenvalue weighted by molar-refractivity contribution is 0.0945. The van der Waals surface area contributed by atoms with Crippen LogP contribution in [0.1, 0.15) is 21.6 Å². The SMILES string of the molecule is O=C(NCc1ccccc1)c1ccc(NCCc2ccccc2F)nn1. The average Bonchev–Trinajstić information content (AvgIpc) is 2.69. The molecule has 0 aliphatic carbocycles. The summed E-state index contributed by atoms with van der Waals surface area (Å²) in [6.07, 6.45) is 0.535. The molecule has 2 N–H and O–H groups in total. The number of benzene rings is 2. The standard InChI is InChI=1S/C20H19FN4O/c21-17-9-5-4-8-16(17)12-13-22-19-11-10-18(24-25-19)20(26)23-14-15-6-2-1-3-7-15/h1-11H,12-14H2,(H,22,25)(H,23,26). The summed E-state index contributed by atoms with van der Waals surface area (Å²) in [5, 5.41) is 13.8. The zero-order valence-corrected chi connectivity index (χ0v) is 14.2. The number of hydrogen-bond acceptors (Lipinski definition) is 4. The van der Waals surface area contributed by atoms with E-state index in [1.54, 1.807) is 30.3 Å². The number of hydrogen-bond donors (Lipinski definition) is 2. The molecule has 0 saturated heterocycles. The molecule has 0 atom stereocenters. The van der Waals surface area contributed by atoms with Crippen molar-refractivity contribution in [3.05, 3.63) is 89.4 Å². The Morgan fingerprint density at radius 2 is 1.69 bits per heavy atom. The second-order valence-corrected chi connectivity index (χ2v) is 5.74. The number of nitrogens with one attached hydrogen (secondary N) is 2. The topological polar surface area (TPSA) is 66.9 Å². The van der Waals surface area contributed by atoms with Gasteiger partial charge in [0.25, 0.3) is 5.91 Å². The van der Waals surface area contributed by atoms with E-state index in [4.69, 9.17) is 0 Å². The summed E-state index contributed by atoms with van der Waals surface area (Å²) >= 11 is 0. The third-order valence-corrected chi connectivity index (χ3v) is 3.85. The molecule has 0 saturated carbocycles. The Morgan fingerprint density at radius 1 is 0.923 bits per heavy atom. The first-order valence-electron chi connectivity index (χ1n) is 8.35. The number of nitrogens with zero attached hydrogens (tertiary/aromatic N) is 2. The molecule has 0 unspecified atom stereocenters. The molecule has 5 nitrogen and oxygen atoms in total. The lowest BCUT2D eigenvalue weighted by atomic mass is 10.1. The summed E-state index contributed by atoms with van der Waals surface area (Å²) in [6, 6.07) is 19.6. The average molecular weight is 350 g/mol. The molecule has 0 fully saturated rings. The van der Waals surface area contributed by atoms with Gasteiger partial charge in [-0.3, -0.25) is 4.79 Å². The summed E-state index contributed by atoms with van der Waals surface area (Å²) < 4.78 is 13.6. The minimum atomic E-state index is -0.278. The summed E-state index contributed by atoms with van der Waals surface area (Å²) in [5.41, 5.74) is 1.91. The van der Waals surface area contributed by atoms with Crippen molar-refractivity contribution in [1.82, 2.24) is 15.5 Å². The minimum Gasteiger partial charge on any atom is -0.368 e. The summed E-state index contributed by atoms with van der Waals surface area (Å²) in [7, 11) is 0. The number of halogens is 1. The van der Waals surface area contributed by atoms with E-state index in [9.17, 15) is 9.18 Å². The van der Waals surface area contributed by atoms with Crippen LogP contribution in [-0.4, -0.2) is 22.6 Å². The first kappa shape index (κ1) is 17.5. The molecule has 1 heterocycles. The van der Waals surface area contributed by atoms with Crippen LogP contribution >= 0.6 is 0 Å². The number of amides is 1. The molecular weight excluding hydrogens is 331 g/mol. The Bertz CT molecular complexity index is 853. The van der Waals surface area contributed by atoms with Gasteiger partial charge in [0.05, 0.1) is 0 Å². The van der Waals surface area contributed by atoms with Crippen molar-refractivity contribution in [3.8, 4) is 0 Å². The van der Waals surface area contributed by atoms with Crippen LogP contribution in [0, 0.1) is 5.82 Å². The van der Waals surface area contributed by atoms with E-state index in [0.717, 1.165) is 5.56 Å². The molecule has 0 spiro atoms. The van der Waals surface area contributed by atoms with Gasteiger partial charge in [0.1, 0.15) is 11.6 Å². The van der Waals surface area contributed by atoms with Crippen molar-refractivity contribution in [3.63, 3.8) is 0 Å². The van der Waals surface area contributed by atoms with Crippen molar-refractivity contribution in [1.29, 1.82) is 0 Å². The second kappa shape index (κ2) is 8.71. The van der Waals surface area contributed by atoms with Crippen molar-refractivity contribution < 1.29 is 9.18 Å². The van der Waals surface area contributed by atoms with Crippen LogP contribution in [0.2, 0.25) is 0 Å². The summed E-state index contributed by atoms with van der Waals surface area (Å²) in [4.78, 5) is 12.1. The predicted octanol–water partition coefficient (Wildman–Crippen LogP) is 3.20. The zero-order valence-electron chi connectivity index (χ0n) is 14.2. The van der Waals surface area contributed by atoms with Gasteiger partial charge in [-0.15, -0.1) is 10.2 Å². The highest BCUT2D eigenvalue weighted by atomic mass is 19.1. The Labute approximate surface area is 151 Å². The fourth-order valence-electron chi connectivity index (χ4n) is 2.44. The first-order chi connectivity index (χ1) is 12.7. The van der Waals surface area contributed by atoms with E-state index in [2.05, 4.69) is 20.8 Å². The highest BCUT2D eigenvalue weighted by Gasteiger charge is 2.08. The number of anilines is 1. The van der Waals surface area contributed by atoms with Gasteiger partial charge in [0.2, 0.25) is 0 Å². The molecule has 2 aromatic carbocycles. The number of carbonyl (C=O) groups excluding carboxylic acids is 1. The van der Waals surface area contributed by atoms with Gasteiger partial charge < -0.3 is 10.6 Å². The molecular formula is C20H19FN4O. The van der Waals surface area contributed by atoms with Crippen LogP contribution in [0.5, 0.6) is 0 Å². The fourth-order valence-corrected chi connectivity index (χ4v) is 2.44. The second-order valence-electron chi connectivity index (χ2n) is 5.74. The lowest BCUT2D eigenvalue weighted by Crippen LogP contribution is -2.24. The van der Waals surface area contributed by atoms with Crippen molar-refractivity contribution in [2.45, 2.75) is 13.0 Å². The van der Waals surface area contributed by atoms with Gasteiger partial charge in [-0.25, -0.2) is 4.39 Å². The fraction of sp³-hybridized carbons (Fsp3) is 0.150. The lowest BCUT2D eigenvalue weighted by Gasteiger charge is -2.07. The maximum Gasteiger partial charge on any atom is 0.272 e. The highest BCUT2D eigenvalue weighted by Crippen LogP contribution is 2.08. The van der Waals surface area contributed by atoms with Crippen LogP contribution in [-0.2, 0) is 13.0 Å². The van der Waals surface area contributed by atoms with Gasteiger partial charge in [0, 0.05) is 13.1 Å². The third kappa shape index (κ3) is 4.86. The van der Waals surface area contributed by atoms with Gasteiger partial charge in [-0.2, -0.15) is 0 Å². The number of rotatable bonds is 7. The molecule has 0 aliphatic rings. The molecule has 0 bridgehead atoms. The van der Waals surface area contributed by atoms with Crippen LogP contribution < -0.4 is 10.6 Å².